The fourth-order valence-corrected chi connectivity index (χ4v) is 0.909. The minimum atomic E-state index is -4.71. The van der Waals surface area contributed by atoms with Gasteiger partial charge in [0, 0.05) is 0 Å². The maximum Gasteiger partial charge on any atom is 0.433 e. The van der Waals surface area contributed by atoms with Crippen molar-refractivity contribution >= 4 is 5.97 Å². The number of aromatic nitrogens is 1. The first-order chi connectivity index (χ1) is 6.80. The molecule has 0 aromatic carbocycles. The lowest BCUT2D eigenvalue weighted by atomic mass is 10.2. The van der Waals surface area contributed by atoms with Crippen LogP contribution in [0.3, 0.4) is 0 Å². The molecule has 15 heavy (non-hydrogen) atoms. The van der Waals surface area contributed by atoms with Gasteiger partial charge >= 0.3 is 12.1 Å². The Labute approximate surface area is 81.4 Å². The zero-order chi connectivity index (χ0) is 11.6. The number of halogens is 4. The predicted molar refractivity (Wildman–Crippen MR) is 40.5 cm³/mol. The van der Waals surface area contributed by atoms with Gasteiger partial charge in [-0.25, -0.2) is 9.37 Å². The molecule has 0 atom stereocenters. The highest BCUT2D eigenvalue weighted by Crippen LogP contribution is 2.28. The van der Waals surface area contributed by atoms with E-state index in [4.69, 9.17) is 5.11 Å². The van der Waals surface area contributed by atoms with Gasteiger partial charge in [0.15, 0.2) is 0 Å². The third-order valence-electron chi connectivity index (χ3n) is 1.53. The summed E-state index contributed by atoms with van der Waals surface area (Å²) in [6.07, 6.45) is -5.59. The average molecular weight is 223 g/mol. The van der Waals surface area contributed by atoms with Crippen LogP contribution >= 0.6 is 0 Å². The Bertz CT molecular complexity index is 389. The molecule has 0 aliphatic carbocycles. The van der Waals surface area contributed by atoms with E-state index in [0.29, 0.717) is 12.1 Å². The predicted octanol–water partition coefficient (Wildman–Crippen LogP) is 1.87. The van der Waals surface area contributed by atoms with E-state index >= 15 is 0 Å². The molecule has 1 aromatic rings. The summed E-state index contributed by atoms with van der Waals surface area (Å²) in [6.45, 7) is 0. The van der Waals surface area contributed by atoms with Gasteiger partial charge in [0.25, 0.3) is 0 Å². The summed E-state index contributed by atoms with van der Waals surface area (Å²) < 4.78 is 49.1. The lowest BCUT2D eigenvalue weighted by Crippen LogP contribution is -2.12. The van der Waals surface area contributed by atoms with Crippen molar-refractivity contribution in [3.05, 3.63) is 29.3 Å². The second kappa shape index (κ2) is 3.84. The number of hydrogen-bond donors (Lipinski definition) is 1. The van der Waals surface area contributed by atoms with Crippen LogP contribution in [0.5, 0.6) is 0 Å². The van der Waals surface area contributed by atoms with Crippen molar-refractivity contribution in [3.63, 3.8) is 0 Å². The van der Waals surface area contributed by atoms with Crippen LogP contribution in [-0.4, -0.2) is 16.1 Å². The molecule has 7 heteroatoms. The molecule has 0 spiro atoms. The molecule has 0 radical (unpaired) electrons. The molecule has 0 amide bonds. The maximum absolute atomic E-state index is 12.8. The molecule has 0 aliphatic rings. The quantitative estimate of drug-likeness (QED) is 0.778. The first-order valence-corrected chi connectivity index (χ1v) is 3.75. The number of aliphatic carboxylic acids is 1. The van der Waals surface area contributed by atoms with Crippen molar-refractivity contribution in [1.82, 2.24) is 4.98 Å². The first kappa shape index (κ1) is 11.4. The monoisotopic (exact) mass is 223 g/mol. The molecule has 1 aromatic heterocycles. The van der Waals surface area contributed by atoms with Gasteiger partial charge in [0.1, 0.15) is 11.5 Å². The number of rotatable bonds is 2. The van der Waals surface area contributed by atoms with Crippen molar-refractivity contribution in [1.29, 1.82) is 0 Å². The molecule has 1 rings (SSSR count). The fourth-order valence-electron chi connectivity index (χ4n) is 0.909. The van der Waals surface area contributed by atoms with Crippen LogP contribution in [-0.2, 0) is 17.4 Å². The summed E-state index contributed by atoms with van der Waals surface area (Å²) in [5.74, 6) is -2.51. The van der Waals surface area contributed by atoms with Gasteiger partial charge in [-0.15, -0.1) is 0 Å². The van der Waals surface area contributed by atoms with E-state index in [1.165, 1.54) is 0 Å². The van der Waals surface area contributed by atoms with Crippen molar-refractivity contribution in [2.24, 2.45) is 0 Å². The highest BCUT2D eigenvalue weighted by atomic mass is 19.4. The van der Waals surface area contributed by atoms with E-state index < -0.39 is 35.8 Å². The summed E-state index contributed by atoms with van der Waals surface area (Å²) in [5, 5.41) is 8.30. The van der Waals surface area contributed by atoms with E-state index in [1.54, 1.807) is 0 Å². The molecule has 1 N–H and O–H groups in total. The van der Waals surface area contributed by atoms with Crippen LogP contribution in [0.1, 0.15) is 11.4 Å². The van der Waals surface area contributed by atoms with E-state index in [-0.39, 0.29) is 0 Å². The molecule has 82 valence electrons. The fraction of sp³-hybridized carbons (Fsp3) is 0.250. The first-order valence-electron chi connectivity index (χ1n) is 3.75. The molecule has 0 saturated heterocycles. The highest BCUT2D eigenvalue weighted by molar-refractivity contribution is 5.69. The van der Waals surface area contributed by atoms with E-state index in [9.17, 15) is 22.4 Å². The van der Waals surface area contributed by atoms with Crippen molar-refractivity contribution in [3.8, 4) is 0 Å². The molecule has 0 saturated carbocycles. The van der Waals surface area contributed by atoms with Crippen molar-refractivity contribution < 1.29 is 27.5 Å². The molecule has 1 heterocycles. The largest absolute Gasteiger partial charge is 0.481 e. The number of carboxylic acids is 1. The Kier molecular flexibility index (Phi) is 2.92. The summed E-state index contributed by atoms with van der Waals surface area (Å²) >= 11 is 0. The van der Waals surface area contributed by atoms with E-state index in [1.807, 2.05) is 0 Å². The Balaban J connectivity index is 3.11. The average Bonchev–Trinajstić information content (AvgIpc) is 2.06. The second-order valence-electron chi connectivity index (χ2n) is 2.69. The van der Waals surface area contributed by atoms with Crippen LogP contribution in [0.4, 0.5) is 17.6 Å². The molecular weight excluding hydrogens is 218 g/mol. The lowest BCUT2D eigenvalue weighted by molar-refractivity contribution is -0.142. The van der Waals surface area contributed by atoms with Gasteiger partial charge in [-0.3, -0.25) is 4.79 Å². The minimum absolute atomic E-state index is 0.459. The Hall–Kier alpha value is -1.66. The zero-order valence-corrected chi connectivity index (χ0v) is 7.18. The number of pyridine rings is 1. The summed E-state index contributed by atoms with van der Waals surface area (Å²) in [6, 6.07) is 1.01. The van der Waals surface area contributed by atoms with Gasteiger partial charge in [0.2, 0.25) is 0 Å². The molecule has 0 aliphatic heterocycles. The summed E-state index contributed by atoms with van der Waals surface area (Å²) in [5.41, 5.74) is -2.03. The van der Waals surface area contributed by atoms with Crippen LogP contribution in [0, 0.1) is 5.82 Å². The van der Waals surface area contributed by atoms with Crippen LogP contribution in [0.25, 0.3) is 0 Å². The number of carbonyl (C=O) groups is 1. The van der Waals surface area contributed by atoms with Gasteiger partial charge in [-0.05, 0) is 12.1 Å². The van der Waals surface area contributed by atoms with Crippen molar-refractivity contribution in [2.75, 3.05) is 0 Å². The molecular formula is C8H5F4NO2. The van der Waals surface area contributed by atoms with E-state index in [2.05, 4.69) is 4.98 Å². The van der Waals surface area contributed by atoms with Gasteiger partial charge in [-0.1, -0.05) is 0 Å². The normalized spacial score (nSPS) is 11.5. The number of carboxylic acid groups (broad SMARTS) is 1. The summed E-state index contributed by atoms with van der Waals surface area (Å²) in [7, 11) is 0. The summed E-state index contributed by atoms with van der Waals surface area (Å²) in [4.78, 5) is 13.1. The Morgan fingerprint density at radius 3 is 2.47 bits per heavy atom. The molecule has 0 fully saturated rings. The van der Waals surface area contributed by atoms with E-state index in [0.717, 1.165) is 0 Å². The molecule has 0 bridgehead atoms. The van der Waals surface area contributed by atoms with Crippen molar-refractivity contribution in [2.45, 2.75) is 12.6 Å². The number of hydrogen-bond acceptors (Lipinski definition) is 2. The van der Waals surface area contributed by atoms with Crippen LogP contribution < -0.4 is 0 Å². The van der Waals surface area contributed by atoms with Crippen LogP contribution in [0.15, 0.2) is 12.1 Å². The second-order valence-corrected chi connectivity index (χ2v) is 2.69. The third kappa shape index (κ3) is 2.90. The standard InChI is InChI=1S/C8H5F4NO2/c9-4-1-2-6(8(10,11)12)13-5(4)3-7(14)15/h1-2H,3H2,(H,14,15). The minimum Gasteiger partial charge on any atom is -0.481 e. The van der Waals surface area contributed by atoms with Gasteiger partial charge < -0.3 is 5.11 Å². The Morgan fingerprint density at radius 1 is 1.40 bits per heavy atom. The SMILES string of the molecule is O=C(O)Cc1nc(C(F)(F)F)ccc1F. The smallest absolute Gasteiger partial charge is 0.433 e. The topological polar surface area (TPSA) is 50.2 Å². The van der Waals surface area contributed by atoms with Crippen LogP contribution in [0.2, 0.25) is 0 Å². The zero-order valence-electron chi connectivity index (χ0n) is 7.18. The highest BCUT2D eigenvalue weighted by Gasteiger charge is 2.33. The molecule has 3 nitrogen and oxygen atoms in total. The number of alkyl halides is 3. The van der Waals surface area contributed by atoms with Gasteiger partial charge in [-0.2, -0.15) is 13.2 Å². The maximum atomic E-state index is 12.8. The number of nitrogens with zero attached hydrogens (tertiary/aromatic N) is 1. The lowest BCUT2D eigenvalue weighted by Gasteiger charge is -2.07. The van der Waals surface area contributed by atoms with Gasteiger partial charge in [0.05, 0.1) is 12.1 Å². The third-order valence-corrected chi connectivity index (χ3v) is 1.53. The Morgan fingerprint density at radius 2 is 2.00 bits per heavy atom. The molecule has 0 unspecified atom stereocenters.